The lowest BCUT2D eigenvalue weighted by Gasteiger charge is -2.40. The molecule has 0 aromatic rings. The summed E-state index contributed by atoms with van der Waals surface area (Å²) in [4.78, 5) is 26.9. The van der Waals surface area contributed by atoms with Crippen LogP contribution in [0.5, 0.6) is 0 Å². The third-order valence-electron chi connectivity index (χ3n) is 5.55. The molecule has 1 spiro atoms. The summed E-state index contributed by atoms with van der Waals surface area (Å²) in [6.45, 7) is 6.61. The SMILES string of the molecule is CC(C)CNC(=O)C1CSC2(CCN(C(=O)C3CCCC3)CC2)N1. The lowest BCUT2D eigenvalue weighted by atomic mass is 10.00. The maximum Gasteiger partial charge on any atom is 0.238 e. The van der Waals surface area contributed by atoms with Crippen molar-refractivity contribution in [2.24, 2.45) is 11.8 Å². The molecule has 3 fully saturated rings. The van der Waals surface area contributed by atoms with Gasteiger partial charge in [0.25, 0.3) is 0 Å². The average molecular weight is 354 g/mol. The van der Waals surface area contributed by atoms with E-state index in [1.54, 1.807) is 0 Å². The normalized spacial score (nSPS) is 27.1. The smallest absolute Gasteiger partial charge is 0.238 e. The van der Waals surface area contributed by atoms with E-state index in [0.29, 0.717) is 11.8 Å². The van der Waals surface area contributed by atoms with Crippen LogP contribution in [0.2, 0.25) is 0 Å². The Morgan fingerprint density at radius 2 is 1.92 bits per heavy atom. The van der Waals surface area contributed by atoms with Gasteiger partial charge in [0.2, 0.25) is 11.8 Å². The zero-order valence-electron chi connectivity index (χ0n) is 15.0. The van der Waals surface area contributed by atoms with Gasteiger partial charge in [0.15, 0.2) is 0 Å². The van der Waals surface area contributed by atoms with E-state index in [2.05, 4.69) is 29.4 Å². The minimum atomic E-state index is -0.0918. The zero-order valence-corrected chi connectivity index (χ0v) is 15.8. The van der Waals surface area contributed by atoms with Crippen molar-refractivity contribution in [3.05, 3.63) is 0 Å². The molecule has 0 bridgehead atoms. The van der Waals surface area contributed by atoms with E-state index in [0.717, 1.165) is 51.1 Å². The molecule has 2 N–H and O–H groups in total. The summed E-state index contributed by atoms with van der Waals surface area (Å²) in [5, 5.41) is 6.60. The topological polar surface area (TPSA) is 61.4 Å². The molecule has 1 unspecified atom stereocenters. The largest absolute Gasteiger partial charge is 0.354 e. The number of amides is 2. The van der Waals surface area contributed by atoms with Crippen LogP contribution in [0.3, 0.4) is 0 Å². The van der Waals surface area contributed by atoms with E-state index in [4.69, 9.17) is 0 Å². The molecular weight excluding hydrogens is 322 g/mol. The first-order chi connectivity index (χ1) is 11.5. The molecule has 2 amide bonds. The summed E-state index contributed by atoms with van der Waals surface area (Å²) in [6.07, 6.45) is 6.46. The minimum absolute atomic E-state index is 0.00765. The van der Waals surface area contributed by atoms with Crippen LogP contribution in [-0.2, 0) is 9.59 Å². The van der Waals surface area contributed by atoms with Crippen LogP contribution in [0.15, 0.2) is 0 Å². The highest BCUT2D eigenvalue weighted by Gasteiger charge is 2.45. The van der Waals surface area contributed by atoms with Crippen LogP contribution in [0, 0.1) is 11.8 Å². The number of hydrogen-bond acceptors (Lipinski definition) is 4. The first-order valence-electron chi connectivity index (χ1n) is 9.47. The maximum absolute atomic E-state index is 12.6. The maximum atomic E-state index is 12.6. The highest BCUT2D eigenvalue weighted by molar-refractivity contribution is 8.01. The predicted molar refractivity (Wildman–Crippen MR) is 97.7 cm³/mol. The molecule has 3 rings (SSSR count). The number of nitrogens with one attached hydrogen (secondary N) is 2. The van der Waals surface area contributed by atoms with Gasteiger partial charge in [0.1, 0.15) is 0 Å². The summed E-state index contributed by atoms with van der Waals surface area (Å²) >= 11 is 1.87. The Morgan fingerprint density at radius 1 is 1.25 bits per heavy atom. The van der Waals surface area contributed by atoms with Crippen LogP contribution >= 0.6 is 11.8 Å². The third kappa shape index (κ3) is 4.07. The average Bonchev–Trinajstić information content (AvgIpc) is 3.23. The second kappa shape index (κ2) is 7.65. The molecule has 6 heteroatoms. The number of carbonyl (C=O) groups excluding carboxylic acids is 2. The van der Waals surface area contributed by atoms with Crippen LogP contribution in [0.4, 0.5) is 0 Å². The van der Waals surface area contributed by atoms with Crippen LogP contribution in [0.25, 0.3) is 0 Å². The van der Waals surface area contributed by atoms with E-state index < -0.39 is 0 Å². The molecule has 136 valence electrons. The van der Waals surface area contributed by atoms with Crippen molar-refractivity contribution >= 4 is 23.6 Å². The number of carbonyl (C=O) groups is 2. The quantitative estimate of drug-likeness (QED) is 0.811. The monoisotopic (exact) mass is 353 g/mol. The molecule has 0 aromatic carbocycles. The van der Waals surface area contributed by atoms with Gasteiger partial charge in [-0.15, -0.1) is 11.8 Å². The van der Waals surface area contributed by atoms with E-state index >= 15 is 0 Å². The zero-order chi connectivity index (χ0) is 17.2. The Balaban J connectivity index is 1.47. The fourth-order valence-electron chi connectivity index (χ4n) is 4.02. The highest BCUT2D eigenvalue weighted by Crippen LogP contribution is 2.40. The number of rotatable bonds is 4. The van der Waals surface area contributed by atoms with Crippen molar-refractivity contribution in [2.45, 2.75) is 63.3 Å². The number of likely N-dealkylation sites (tertiary alicyclic amines) is 1. The van der Waals surface area contributed by atoms with Gasteiger partial charge in [-0.3, -0.25) is 14.9 Å². The van der Waals surface area contributed by atoms with Gasteiger partial charge in [-0.1, -0.05) is 26.7 Å². The summed E-state index contributed by atoms with van der Waals surface area (Å²) in [7, 11) is 0. The van der Waals surface area contributed by atoms with Crippen LogP contribution in [-0.4, -0.2) is 53.0 Å². The fourth-order valence-corrected chi connectivity index (χ4v) is 5.44. The number of nitrogens with zero attached hydrogens (tertiary/aromatic N) is 1. The van der Waals surface area contributed by atoms with Gasteiger partial charge in [0.05, 0.1) is 10.9 Å². The van der Waals surface area contributed by atoms with Gasteiger partial charge >= 0.3 is 0 Å². The van der Waals surface area contributed by atoms with Gasteiger partial charge in [-0.25, -0.2) is 0 Å². The lowest BCUT2D eigenvalue weighted by molar-refractivity contribution is -0.136. The van der Waals surface area contributed by atoms with E-state index in [9.17, 15) is 9.59 Å². The summed E-state index contributed by atoms with van der Waals surface area (Å²) in [5.74, 6) is 2.08. The Hall–Kier alpha value is -0.750. The molecule has 24 heavy (non-hydrogen) atoms. The molecule has 1 aliphatic carbocycles. The van der Waals surface area contributed by atoms with Gasteiger partial charge in [0, 0.05) is 31.3 Å². The van der Waals surface area contributed by atoms with Crippen LogP contribution < -0.4 is 10.6 Å². The predicted octanol–water partition coefficient (Wildman–Crippen LogP) is 1.97. The highest BCUT2D eigenvalue weighted by atomic mass is 32.2. The van der Waals surface area contributed by atoms with Crippen molar-refractivity contribution in [1.29, 1.82) is 0 Å². The second-order valence-corrected chi connectivity index (χ2v) is 9.35. The van der Waals surface area contributed by atoms with Crippen molar-refractivity contribution in [1.82, 2.24) is 15.5 Å². The van der Waals surface area contributed by atoms with Crippen LogP contribution in [0.1, 0.15) is 52.4 Å². The van der Waals surface area contributed by atoms with E-state index in [1.165, 1.54) is 12.8 Å². The molecular formula is C18H31N3O2S. The van der Waals surface area contributed by atoms with Crippen molar-refractivity contribution in [3.63, 3.8) is 0 Å². The van der Waals surface area contributed by atoms with Crippen molar-refractivity contribution in [3.8, 4) is 0 Å². The Bertz CT molecular complexity index is 469. The Kier molecular flexibility index (Phi) is 5.75. The molecule has 2 aliphatic heterocycles. The first kappa shape index (κ1) is 18.1. The Labute approximate surface area is 149 Å². The molecule has 1 atom stereocenters. The minimum Gasteiger partial charge on any atom is -0.354 e. The molecule has 2 heterocycles. The summed E-state index contributed by atoms with van der Waals surface area (Å²) in [5.41, 5.74) is 0. The fraction of sp³-hybridized carbons (Fsp3) is 0.889. The first-order valence-corrected chi connectivity index (χ1v) is 10.5. The summed E-state index contributed by atoms with van der Waals surface area (Å²) in [6, 6.07) is -0.0918. The van der Waals surface area contributed by atoms with Crippen molar-refractivity contribution < 1.29 is 9.59 Å². The standard InChI is InChI=1S/C18H31N3O2S/c1-13(2)11-19-16(22)15-12-24-18(20-15)7-9-21(10-8-18)17(23)14-5-3-4-6-14/h13-15,20H,3-12H2,1-2H3,(H,19,22). The van der Waals surface area contributed by atoms with Gasteiger partial charge in [-0.2, -0.15) is 0 Å². The number of thioether (sulfide) groups is 1. The van der Waals surface area contributed by atoms with Gasteiger partial charge in [-0.05, 0) is 31.6 Å². The number of hydrogen-bond donors (Lipinski definition) is 2. The molecule has 0 radical (unpaired) electrons. The summed E-state index contributed by atoms with van der Waals surface area (Å²) < 4.78 is 0. The molecule has 5 nitrogen and oxygen atoms in total. The van der Waals surface area contributed by atoms with Gasteiger partial charge < -0.3 is 10.2 Å². The Morgan fingerprint density at radius 3 is 2.54 bits per heavy atom. The number of piperidine rings is 1. The molecule has 1 saturated carbocycles. The molecule has 0 aromatic heterocycles. The van der Waals surface area contributed by atoms with E-state index in [-0.39, 0.29) is 22.7 Å². The molecule has 2 saturated heterocycles. The molecule has 3 aliphatic rings. The lowest BCUT2D eigenvalue weighted by Crippen LogP contribution is -2.55. The van der Waals surface area contributed by atoms with E-state index in [1.807, 2.05) is 11.8 Å². The van der Waals surface area contributed by atoms with Crippen molar-refractivity contribution in [2.75, 3.05) is 25.4 Å². The second-order valence-electron chi connectivity index (χ2n) is 7.95. The third-order valence-corrected chi connectivity index (χ3v) is 7.13.